The predicted molar refractivity (Wildman–Crippen MR) is 73.2 cm³/mol. The fourth-order valence-corrected chi connectivity index (χ4v) is 2.68. The zero-order chi connectivity index (χ0) is 12.4. The fourth-order valence-electron chi connectivity index (χ4n) is 2.68. The summed E-state index contributed by atoms with van der Waals surface area (Å²) in [7, 11) is 0. The molecule has 1 atom stereocenters. The number of pyridine rings is 1. The summed E-state index contributed by atoms with van der Waals surface area (Å²) in [5, 5.41) is 14.2. The minimum absolute atomic E-state index is 0.140. The Bertz CT molecular complexity index is 541. The average Bonchev–Trinajstić information content (AvgIpc) is 2.41. The number of para-hydroxylation sites is 1. The van der Waals surface area contributed by atoms with Crippen molar-refractivity contribution in [1.29, 1.82) is 0 Å². The first-order chi connectivity index (χ1) is 8.83. The molecule has 1 fully saturated rings. The molecule has 3 rings (SSSR count). The molecular weight excluding hydrogens is 224 g/mol. The average molecular weight is 241 g/mol. The molecule has 0 spiro atoms. The highest BCUT2D eigenvalue weighted by molar-refractivity contribution is 5.78. The third-order valence-electron chi connectivity index (χ3n) is 3.69. The zero-order valence-electron chi connectivity index (χ0n) is 10.4. The van der Waals surface area contributed by atoms with Gasteiger partial charge in [0, 0.05) is 17.6 Å². The van der Waals surface area contributed by atoms with Crippen molar-refractivity contribution in [3.8, 4) is 0 Å². The van der Waals surface area contributed by atoms with Gasteiger partial charge in [0.15, 0.2) is 0 Å². The maximum Gasteiger partial charge on any atom is 0.0702 e. The molecule has 0 N–H and O–H groups in total. The summed E-state index contributed by atoms with van der Waals surface area (Å²) in [6.45, 7) is 0.686. The molecule has 18 heavy (non-hydrogen) atoms. The smallest absolute Gasteiger partial charge is 0.0702 e. The molecule has 3 nitrogen and oxygen atoms in total. The first kappa shape index (κ1) is 11.6. The number of fused-ring (bicyclic) bond motifs is 1. The monoisotopic (exact) mass is 241 g/mol. The van der Waals surface area contributed by atoms with E-state index in [4.69, 9.17) is 0 Å². The van der Waals surface area contributed by atoms with Crippen LogP contribution >= 0.6 is 0 Å². The number of benzene rings is 1. The van der Waals surface area contributed by atoms with Crippen LogP contribution in [0.3, 0.4) is 0 Å². The number of piperidine rings is 1. The highest BCUT2D eigenvalue weighted by Crippen LogP contribution is 2.21. The Hall–Kier alpha value is -1.45. The van der Waals surface area contributed by atoms with Crippen LogP contribution in [0.4, 0.5) is 0 Å². The summed E-state index contributed by atoms with van der Waals surface area (Å²) in [5.41, 5.74) is 2.19. The molecule has 0 aliphatic carbocycles. The summed E-state index contributed by atoms with van der Waals surface area (Å²) in [5.74, 6) is 0. The van der Waals surface area contributed by atoms with Gasteiger partial charge in [0.1, 0.15) is 0 Å². The zero-order valence-corrected chi connectivity index (χ0v) is 10.4. The SMILES string of the molecule is [O-]N1CCCCC1Cc1cnc2ccccc2c1. The van der Waals surface area contributed by atoms with Crippen molar-refractivity contribution in [3.05, 3.63) is 47.3 Å². The lowest BCUT2D eigenvalue weighted by atomic mass is 9.97. The minimum atomic E-state index is 0.140. The largest absolute Gasteiger partial charge is 0.785 e. The lowest BCUT2D eigenvalue weighted by Crippen LogP contribution is -2.36. The molecule has 94 valence electrons. The Morgan fingerprint density at radius 1 is 1.28 bits per heavy atom. The van der Waals surface area contributed by atoms with Crippen LogP contribution < -0.4 is 0 Å². The fraction of sp³-hybridized carbons (Fsp3) is 0.400. The van der Waals surface area contributed by atoms with Crippen LogP contribution in [0.2, 0.25) is 0 Å². The number of hydrogen-bond donors (Lipinski definition) is 0. The maximum absolute atomic E-state index is 11.8. The Labute approximate surface area is 107 Å². The third kappa shape index (κ3) is 2.37. The van der Waals surface area contributed by atoms with Crippen LogP contribution in [-0.4, -0.2) is 22.6 Å². The standard InChI is InChI=1S/C15H17N2O/c18-17-8-4-3-6-14(17)10-12-9-13-5-1-2-7-15(13)16-11-12/h1-2,5,7,9,11,14H,3-4,6,8,10H2/q-1. The Kier molecular flexibility index (Phi) is 3.26. The van der Waals surface area contributed by atoms with Gasteiger partial charge < -0.3 is 10.3 Å². The molecule has 1 aromatic heterocycles. The molecule has 1 unspecified atom stereocenters. The molecule has 2 aromatic rings. The molecule has 1 aliphatic rings. The summed E-state index contributed by atoms with van der Waals surface area (Å²) in [6, 6.07) is 10.4. The summed E-state index contributed by atoms with van der Waals surface area (Å²) >= 11 is 0. The van der Waals surface area contributed by atoms with Gasteiger partial charge in [-0.1, -0.05) is 24.6 Å². The van der Waals surface area contributed by atoms with Crippen LogP contribution in [0.25, 0.3) is 10.9 Å². The molecule has 1 aromatic carbocycles. The minimum Gasteiger partial charge on any atom is -0.785 e. The number of rotatable bonds is 2. The number of hydroxylamine groups is 2. The van der Waals surface area contributed by atoms with Crippen LogP contribution in [0.1, 0.15) is 24.8 Å². The quantitative estimate of drug-likeness (QED) is 0.810. The van der Waals surface area contributed by atoms with E-state index in [1.807, 2.05) is 24.4 Å². The van der Waals surface area contributed by atoms with Crippen molar-refractivity contribution >= 4 is 10.9 Å². The molecule has 2 heterocycles. The van der Waals surface area contributed by atoms with Crippen LogP contribution in [0, 0.1) is 5.21 Å². The van der Waals surface area contributed by atoms with E-state index >= 15 is 0 Å². The Morgan fingerprint density at radius 3 is 3.06 bits per heavy atom. The summed E-state index contributed by atoms with van der Waals surface area (Å²) in [6.07, 6.45) is 5.95. The van der Waals surface area contributed by atoms with Gasteiger partial charge in [0.05, 0.1) is 5.52 Å². The van der Waals surface area contributed by atoms with E-state index in [0.717, 1.165) is 30.2 Å². The predicted octanol–water partition coefficient (Wildman–Crippen LogP) is 3.13. The first-order valence-electron chi connectivity index (χ1n) is 6.60. The van der Waals surface area contributed by atoms with Crippen LogP contribution in [0.5, 0.6) is 0 Å². The van der Waals surface area contributed by atoms with Gasteiger partial charge in [-0.15, -0.1) is 0 Å². The van der Waals surface area contributed by atoms with E-state index in [2.05, 4.69) is 17.1 Å². The summed E-state index contributed by atoms with van der Waals surface area (Å²) in [4.78, 5) is 4.45. The van der Waals surface area contributed by atoms with Gasteiger partial charge in [-0.25, -0.2) is 0 Å². The van der Waals surface area contributed by atoms with Crippen molar-refractivity contribution in [2.24, 2.45) is 0 Å². The van der Waals surface area contributed by atoms with Gasteiger partial charge >= 0.3 is 0 Å². The topological polar surface area (TPSA) is 39.2 Å². The number of nitrogens with zero attached hydrogens (tertiary/aromatic N) is 2. The Balaban J connectivity index is 1.81. The molecule has 1 aliphatic heterocycles. The van der Waals surface area contributed by atoms with Crippen LogP contribution in [0.15, 0.2) is 36.5 Å². The lowest BCUT2D eigenvalue weighted by Gasteiger charge is -2.41. The third-order valence-corrected chi connectivity index (χ3v) is 3.69. The second-order valence-electron chi connectivity index (χ2n) is 5.03. The molecular formula is C15H17N2O-. The van der Waals surface area contributed by atoms with E-state index in [1.54, 1.807) is 0 Å². The molecule has 0 radical (unpaired) electrons. The highest BCUT2D eigenvalue weighted by Gasteiger charge is 2.15. The summed E-state index contributed by atoms with van der Waals surface area (Å²) < 4.78 is 0. The highest BCUT2D eigenvalue weighted by atomic mass is 16.5. The second-order valence-corrected chi connectivity index (χ2v) is 5.03. The van der Waals surface area contributed by atoms with Crippen molar-refractivity contribution in [1.82, 2.24) is 10.0 Å². The number of hydrogen-bond acceptors (Lipinski definition) is 3. The number of aromatic nitrogens is 1. The van der Waals surface area contributed by atoms with E-state index in [9.17, 15) is 5.21 Å². The Morgan fingerprint density at radius 2 is 2.17 bits per heavy atom. The van der Waals surface area contributed by atoms with Gasteiger partial charge in [-0.3, -0.25) is 4.98 Å². The maximum atomic E-state index is 11.8. The molecule has 0 bridgehead atoms. The van der Waals surface area contributed by atoms with Crippen LogP contribution in [-0.2, 0) is 6.42 Å². The van der Waals surface area contributed by atoms with Crippen molar-refractivity contribution in [3.63, 3.8) is 0 Å². The lowest BCUT2D eigenvalue weighted by molar-refractivity contribution is 0.213. The van der Waals surface area contributed by atoms with E-state index in [1.165, 1.54) is 17.0 Å². The van der Waals surface area contributed by atoms with Gasteiger partial charge in [-0.05, 0) is 43.5 Å². The van der Waals surface area contributed by atoms with Crippen molar-refractivity contribution in [2.45, 2.75) is 31.7 Å². The van der Waals surface area contributed by atoms with Crippen molar-refractivity contribution < 1.29 is 0 Å². The normalized spacial score (nSPS) is 21.3. The second kappa shape index (κ2) is 5.04. The van der Waals surface area contributed by atoms with Gasteiger partial charge in [0.2, 0.25) is 0 Å². The molecule has 0 amide bonds. The van der Waals surface area contributed by atoms with E-state index < -0.39 is 0 Å². The van der Waals surface area contributed by atoms with Crippen molar-refractivity contribution in [2.75, 3.05) is 6.54 Å². The van der Waals surface area contributed by atoms with E-state index in [-0.39, 0.29) is 6.04 Å². The van der Waals surface area contributed by atoms with E-state index in [0.29, 0.717) is 6.54 Å². The first-order valence-corrected chi connectivity index (χ1v) is 6.60. The molecule has 0 saturated carbocycles. The molecule has 1 saturated heterocycles. The van der Waals surface area contributed by atoms with Gasteiger partial charge in [0.25, 0.3) is 0 Å². The molecule has 3 heteroatoms. The van der Waals surface area contributed by atoms with Gasteiger partial charge in [-0.2, -0.15) is 0 Å².